The van der Waals surface area contributed by atoms with Crippen LogP contribution in [-0.4, -0.2) is 36.2 Å². The average Bonchev–Trinajstić information content (AvgIpc) is 2.77. The third-order valence-corrected chi connectivity index (χ3v) is 2.69. The molecule has 2 fully saturated rings. The summed E-state index contributed by atoms with van der Waals surface area (Å²) < 4.78 is 13.0. The van der Waals surface area contributed by atoms with Gasteiger partial charge in [-0.3, -0.25) is 4.90 Å². The van der Waals surface area contributed by atoms with Crippen molar-refractivity contribution >= 4 is 0 Å². The highest BCUT2D eigenvalue weighted by molar-refractivity contribution is 4.91. The summed E-state index contributed by atoms with van der Waals surface area (Å²) in [7, 11) is 0. The molecule has 1 aliphatic carbocycles. The second-order valence-electron chi connectivity index (χ2n) is 3.69. The van der Waals surface area contributed by atoms with E-state index in [1.54, 1.807) is 0 Å². The summed E-state index contributed by atoms with van der Waals surface area (Å²) in [6.07, 6.45) is 2.58. The van der Waals surface area contributed by atoms with Crippen molar-refractivity contribution in [2.24, 2.45) is 5.73 Å². The van der Waals surface area contributed by atoms with E-state index in [-0.39, 0.29) is 6.04 Å². The molecule has 3 heteroatoms. The molecule has 2 N–H and O–H groups in total. The second kappa shape index (κ2) is 2.72. The van der Waals surface area contributed by atoms with Gasteiger partial charge in [-0.2, -0.15) is 0 Å². The van der Waals surface area contributed by atoms with E-state index in [2.05, 4.69) is 4.90 Å². The molecule has 2 unspecified atom stereocenters. The van der Waals surface area contributed by atoms with E-state index in [1.165, 1.54) is 12.8 Å². The quantitative estimate of drug-likeness (QED) is 0.603. The highest BCUT2D eigenvalue weighted by Crippen LogP contribution is 2.29. The summed E-state index contributed by atoms with van der Waals surface area (Å²) in [4.78, 5) is 2.24. The van der Waals surface area contributed by atoms with Gasteiger partial charge in [0.15, 0.2) is 0 Å². The van der Waals surface area contributed by atoms with Gasteiger partial charge in [-0.25, -0.2) is 4.39 Å². The zero-order chi connectivity index (χ0) is 7.84. The van der Waals surface area contributed by atoms with Crippen molar-refractivity contribution in [1.82, 2.24) is 4.90 Å². The van der Waals surface area contributed by atoms with Crippen molar-refractivity contribution in [2.75, 3.05) is 13.1 Å². The standard InChI is InChI=1S/C8H15FN2/c9-7-5-11(6-1-2-6)4-3-8(7)10/h6-8H,1-5,10H2. The summed E-state index contributed by atoms with van der Waals surface area (Å²) >= 11 is 0. The van der Waals surface area contributed by atoms with Gasteiger partial charge in [-0.1, -0.05) is 0 Å². The van der Waals surface area contributed by atoms with Crippen LogP contribution in [0.1, 0.15) is 19.3 Å². The lowest BCUT2D eigenvalue weighted by molar-refractivity contribution is 0.114. The minimum atomic E-state index is -0.788. The van der Waals surface area contributed by atoms with Gasteiger partial charge >= 0.3 is 0 Å². The molecule has 2 atom stereocenters. The molecular weight excluding hydrogens is 143 g/mol. The van der Waals surface area contributed by atoms with Crippen LogP contribution < -0.4 is 5.73 Å². The van der Waals surface area contributed by atoms with Crippen LogP contribution in [0.25, 0.3) is 0 Å². The van der Waals surface area contributed by atoms with Crippen molar-refractivity contribution in [1.29, 1.82) is 0 Å². The fourth-order valence-electron chi connectivity index (χ4n) is 1.72. The fraction of sp³-hybridized carbons (Fsp3) is 1.00. The molecule has 0 aromatic carbocycles. The van der Waals surface area contributed by atoms with Gasteiger partial charge in [0.2, 0.25) is 0 Å². The number of likely N-dealkylation sites (tertiary alicyclic amines) is 1. The molecule has 0 aromatic rings. The molecule has 0 bridgehead atoms. The fourth-order valence-corrected chi connectivity index (χ4v) is 1.72. The number of nitrogens with zero attached hydrogens (tertiary/aromatic N) is 1. The summed E-state index contributed by atoms with van der Waals surface area (Å²) in [5, 5.41) is 0. The van der Waals surface area contributed by atoms with E-state index in [9.17, 15) is 4.39 Å². The molecule has 1 aliphatic heterocycles. The van der Waals surface area contributed by atoms with Gasteiger partial charge in [0.1, 0.15) is 6.17 Å². The van der Waals surface area contributed by atoms with Crippen molar-refractivity contribution in [3.05, 3.63) is 0 Å². The Morgan fingerprint density at radius 3 is 2.55 bits per heavy atom. The number of nitrogens with two attached hydrogens (primary N) is 1. The van der Waals surface area contributed by atoms with Crippen molar-refractivity contribution in [2.45, 2.75) is 37.5 Å². The zero-order valence-corrected chi connectivity index (χ0v) is 6.67. The summed E-state index contributed by atoms with van der Waals surface area (Å²) in [5.74, 6) is 0. The topological polar surface area (TPSA) is 29.3 Å². The van der Waals surface area contributed by atoms with Crippen LogP contribution in [0.2, 0.25) is 0 Å². The Kier molecular flexibility index (Phi) is 1.85. The first-order valence-corrected chi connectivity index (χ1v) is 4.41. The molecule has 0 radical (unpaired) electrons. The van der Waals surface area contributed by atoms with Gasteiger partial charge in [-0.05, 0) is 19.3 Å². The van der Waals surface area contributed by atoms with E-state index in [1.807, 2.05) is 0 Å². The number of rotatable bonds is 1. The minimum Gasteiger partial charge on any atom is -0.325 e. The van der Waals surface area contributed by atoms with Gasteiger partial charge in [-0.15, -0.1) is 0 Å². The molecular formula is C8H15FN2. The molecule has 2 aliphatic rings. The first-order chi connectivity index (χ1) is 5.27. The highest BCUT2D eigenvalue weighted by atomic mass is 19.1. The zero-order valence-electron chi connectivity index (χ0n) is 6.67. The van der Waals surface area contributed by atoms with Gasteiger partial charge in [0.05, 0.1) is 0 Å². The number of alkyl halides is 1. The maximum absolute atomic E-state index is 13.0. The lowest BCUT2D eigenvalue weighted by Crippen LogP contribution is -2.49. The van der Waals surface area contributed by atoms with Crippen LogP contribution in [0.15, 0.2) is 0 Å². The average molecular weight is 158 g/mol. The molecule has 0 amide bonds. The van der Waals surface area contributed by atoms with Gasteiger partial charge < -0.3 is 5.73 Å². The molecule has 64 valence electrons. The van der Waals surface area contributed by atoms with E-state index >= 15 is 0 Å². The number of hydrogen-bond acceptors (Lipinski definition) is 2. The molecule has 0 aromatic heterocycles. The smallest absolute Gasteiger partial charge is 0.128 e. The van der Waals surface area contributed by atoms with Gasteiger partial charge in [0.25, 0.3) is 0 Å². The van der Waals surface area contributed by atoms with Crippen LogP contribution in [0.4, 0.5) is 4.39 Å². The second-order valence-corrected chi connectivity index (χ2v) is 3.69. The van der Waals surface area contributed by atoms with Crippen LogP contribution in [-0.2, 0) is 0 Å². The van der Waals surface area contributed by atoms with Crippen LogP contribution >= 0.6 is 0 Å². The largest absolute Gasteiger partial charge is 0.325 e. The molecule has 1 saturated carbocycles. The van der Waals surface area contributed by atoms with Crippen LogP contribution in [0, 0.1) is 0 Å². The summed E-state index contributed by atoms with van der Waals surface area (Å²) in [6.45, 7) is 1.58. The minimum absolute atomic E-state index is 0.204. The Morgan fingerprint density at radius 1 is 1.27 bits per heavy atom. The molecule has 1 heterocycles. The Hall–Kier alpha value is -0.150. The van der Waals surface area contributed by atoms with Crippen molar-refractivity contribution < 1.29 is 4.39 Å². The Bertz CT molecular complexity index is 147. The lowest BCUT2D eigenvalue weighted by atomic mass is 10.0. The van der Waals surface area contributed by atoms with Crippen LogP contribution in [0.3, 0.4) is 0 Å². The Labute approximate surface area is 66.5 Å². The third kappa shape index (κ3) is 1.54. The molecule has 2 nitrogen and oxygen atoms in total. The highest BCUT2D eigenvalue weighted by Gasteiger charge is 2.35. The molecule has 1 saturated heterocycles. The Balaban J connectivity index is 1.86. The van der Waals surface area contributed by atoms with Crippen LogP contribution in [0.5, 0.6) is 0 Å². The maximum atomic E-state index is 13.0. The maximum Gasteiger partial charge on any atom is 0.128 e. The summed E-state index contributed by atoms with van der Waals surface area (Å²) in [6, 6.07) is 0.491. The van der Waals surface area contributed by atoms with Crippen molar-refractivity contribution in [3.63, 3.8) is 0 Å². The Morgan fingerprint density at radius 2 is 2.00 bits per heavy atom. The number of hydrogen-bond donors (Lipinski definition) is 1. The first-order valence-electron chi connectivity index (χ1n) is 4.41. The number of piperidine rings is 1. The van der Waals surface area contributed by atoms with E-state index in [0.717, 1.165) is 13.0 Å². The first kappa shape index (κ1) is 7.50. The van der Waals surface area contributed by atoms with Crippen molar-refractivity contribution in [3.8, 4) is 0 Å². The predicted molar refractivity (Wildman–Crippen MR) is 42.1 cm³/mol. The van der Waals surface area contributed by atoms with E-state index < -0.39 is 6.17 Å². The predicted octanol–water partition coefficient (Wildman–Crippen LogP) is 0.520. The SMILES string of the molecule is NC1CCN(C2CC2)CC1F. The van der Waals surface area contributed by atoms with E-state index in [0.29, 0.717) is 12.6 Å². The monoisotopic (exact) mass is 158 g/mol. The molecule has 0 spiro atoms. The third-order valence-electron chi connectivity index (χ3n) is 2.69. The number of halogens is 1. The molecule has 2 rings (SSSR count). The van der Waals surface area contributed by atoms with Gasteiger partial charge in [0, 0.05) is 25.2 Å². The summed E-state index contributed by atoms with van der Waals surface area (Å²) in [5.41, 5.74) is 5.56. The van der Waals surface area contributed by atoms with E-state index in [4.69, 9.17) is 5.73 Å². The molecule has 11 heavy (non-hydrogen) atoms. The normalized spacial score (nSPS) is 40.9. The lowest BCUT2D eigenvalue weighted by Gasteiger charge is -2.32.